The number of halogens is 1. The molecule has 98 valence electrons. The summed E-state index contributed by atoms with van der Waals surface area (Å²) in [5.74, 6) is 1.55. The number of hydrogen-bond acceptors (Lipinski definition) is 3. The minimum atomic E-state index is 0.0305. The molecule has 0 fully saturated rings. The van der Waals surface area contributed by atoms with Gasteiger partial charge in [-0.15, -0.1) is 11.8 Å². The summed E-state index contributed by atoms with van der Waals surface area (Å²) >= 11 is 5.03. The van der Waals surface area contributed by atoms with E-state index < -0.39 is 0 Å². The number of carbonyl (C=O) groups is 1. The van der Waals surface area contributed by atoms with E-state index in [0.717, 1.165) is 15.1 Å². The molecule has 0 heterocycles. The first kappa shape index (κ1) is 14.2. The lowest BCUT2D eigenvalue weighted by Crippen LogP contribution is -1.94. The highest BCUT2D eigenvalue weighted by Crippen LogP contribution is 2.33. The minimum Gasteiger partial charge on any atom is -0.456 e. The molecule has 0 spiro atoms. The van der Waals surface area contributed by atoms with Crippen LogP contribution in [0.25, 0.3) is 0 Å². The Labute approximate surface area is 125 Å². The maximum absolute atomic E-state index is 11.4. The van der Waals surface area contributed by atoms with Crippen molar-refractivity contribution in [2.24, 2.45) is 0 Å². The topological polar surface area (TPSA) is 26.3 Å². The van der Waals surface area contributed by atoms with Gasteiger partial charge in [0, 0.05) is 14.9 Å². The molecule has 2 aromatic carbocycles. The molecule has 0 N–H and O–H groups in total. The summed E-state index contributed by atoms with van der Waals surface area (Å²) in [5, 5.41) is 0. The van der Waals surface area contributed by atoms with Gasteiger partial charge in [0.1, 0.15) is 11.5 Å². The number of ketones is 1. The van der Waals surface area contributed by atoms with Crippen LogP contribution in [0.2, 0.25) is 0 Å². The molecule has 0 saturated carbocycles. The van der Waals surface area contributed by atoms with Crippen LogP contribution in [0.1, 0.15) is 17.3 Å². The summed E-state index contributed by atoms with van der Waals surface area (Å²) in [7, 11) is 0. The number of Topliss-reactive ketones (excluding diaryl/α,β-unsaturated/α-hetero) is 1. The summed E-state index contributed by atoms with van der Waals surface area (Å²) in [5.41, 5.74) is 0.658. The highest BCUT2D eigenvalue weighted by Gasteiger charge is 2.08. The molecule has 4 heteroatoms. The maximum atomic E-state index is 11.4. The molecule has 0 aromatic heterocycles. The van der Waals surface area contributed by atoms with Crippen molar-refractivity contribution in [2.45, 2.75) is 11.8 Å². The normalized spacial score (nSPS) is 10.3. The third kappa shape index (κ3) is 3.39. The SMILES string of the molecule is CSc1ccccc1Oc1ccc(C(C)=O)c(Br)c1. The lowest BCUT2D eigenvalue weighted by atomic mass is 10.1. The van der Waals surface area contributed by atoms with Gasteiger partial charge in [-0.1, -0.05) is 12.1 Å². The first-order valence-corrected chi connectivity index (χ1v) is 7.75. The van der Waals surface area contributed by atoms with Gasteiger partial charge in [0.05, 0.1) is 0 Å². The van der Waals surface area contributed by atoms with E-state index in [1.807, 2.05) is 36.6 Å². The third-order valence-electron chi connectivity index (χ3n) is 2.62. The van der Waals surface area contributed by atoms with Crippen LogP contribution >= 0.6 is 27.7 Å². The Kier molecular flexibility index (Phi) is 4.66. The molecule has 19 heavy (non-hydrogen) atoms. The van der Waals surface area contributed by atoms with Gasteiger partial charge in [0.2, 0.25) is 0 Å². The fraction of sp³-hybridized carbons (Fsp3) is 0.133. The fourth-order valence-corrected chi connectivity index (χ4v) is 2.84. The zero-order chi connectivity index (χ0) is 13.8. The van der Waals surface area contributed by atoms with Crippen molar-refractivity contribution in [1.29, 1.82) is 0 Å². The number of carbonyl (C=O) groups excluding carboxylic acids is 1. The van der Waals surface area contributed by atoms with Crippen LogP contribution in [0.15, 0.2) is 51.8 Å². The molecular formula is C15H13BrO2S. The molecular weight excluding hydrogens is 324 g/mol. The minimum absolute atomic E-state index is 0.0305. The zero-order valence-electron chi connectivity index (χ0n) is 10.6. The Hall–Kier alpha value is -1.26. The van der Waals surface area contributed by atoms with Gasteiger partial charge in [0.15, 0.2) is 5.78 Å². The Morgan fingerprint density at radius 2 is 1.95 bits per heavy atom. The molecule has 0 aliphatic heterocycles. The van der Waals surface area contributed by atoms with Crippen molar-refractivity contribution >= 4 is 33.5 Å². The van der Waals surface area contributed by atoms with Crippen molar-refractivity contribution in [1.82, 2.24) is 0 Å². The molecule has 0 saturated heterocycles. The number of para-hydroxylation sites is 1. The molecule has 0 amide bonds. The standard InChI is InChI=1S/C15H13BrO2S/c1-10(17)12-8-7-11(9-13(12)16)18-14-5-3-4-6-15(14)19-2/h3-9H,1-2H3. The first-order valence-electron chi connectivity index (χ1n) is 5.73. The van der Waals surface area contributed by atoms with Gasteiger partial charge in [-0.2, -0.15) is 0 Å². The lowest BCUT2D eigenvalue weighted by molar-refractivity contribution is 0.101. The van der Waals surface area contributed by atoms with Crippen molar-refractivity contribution < 1.29 is 9.53 Å². The molecule has 0 radical (unpaired) electrons. The van der Waals surface area contributed by atoms with Crippen molar-refractivity contribution in [3.63, 3.8) is 0 Å². The summed E-state index contributed by atoms with van der Waals surface area (Å²) in [6.07, 6.45) is 2.01. The Bertz CT molecular complexity index is 611. The second-order valence-electron chi connectivity index (χ2n) is 3.95. The van der Waals surface area contributed by atoms with Crippen molar-refractivity contribution in [3.8, 4) is 11.5 Å². The first-order chi connectivity index (χ1) is 9.11. The number of hydrogen-bond donors (Lipinski definition) is 0. The van der Waals surface area contributed by atoms with E-state index in [1.54, 1.807) is 30.8 Å². The van der Waals surface area contributed by atoms with E-state index in [0.29, 0.717) is 11.3 Å². The second-order valence-corrected chi connectivity index (χ2v) is 5.65. The van der Waals surface area contributed by atoms with E-state index >= 15 is 0 Å². The van der Waals surface area contributed by atoms with Gasteiger partial charge < -0.3 is 4.74 Å². The molecule has 2 aromatic rings. The molecule has 2 nitrogen and oxygen atoms in total. The third-order valence-corrected chi connectivity index (χ3v) is 4.05. The average molecular weight is 337 g/mol. The van der Waals surface area contributed by atoms with Crippen LogP contribution in [-0.2, 0) is 0 Å². The fourth-order valence-electron chi connectivity index (χ4n) is 1.67. The van der Waals surface area contributed by atoms with Crippen LogP contribution in [0.4, 0.5) is 0 Å². The Morgan fingerprint density at radius 1 is 1.21 bits per heavy atom. The van der Waals surface area contributed by atoms with Gasteiger partial charge in [-0.3, -0.25) is 4.79 Å². The van der Waals surface area contributed by atoms with E-state index in [2.05, 4.69) is 15.9 Å². The van der Waals surface area contributed by atoms with E-state index in [4.69, 9.17) is 4.74 Å². The molecule has 2 rings (SSSR count). The average Bonchev–Trinajstić information content (AvgIpc) is 2.39. The van der Waals surface area contributed by atoms with Gasteiger partial charge >= 0.3 is 0 Å². The van der Waals surface area contributed by atoms with Crippen molar-refractivity contribution in [3.05, 3.63) is 52.5 Å². The predicted octanol–water partition coefficient (Wildman–Crippen LogP) is 5.17. The largest absolute Gasteiger partial charge is 0.456 e. The molecule has 0 aliphatic carbocycles. The maximum Gasteiger partial charge on any atom is 0.160 e. The van der Waals surface area contributed by atoms with Crippen LogP contribution < -0.4 is 4.74 Å². The summed E-state index contributed by atoms with van der Waals surface area (Å²) in [6.45, 7) is 1.55. The highest BCUT2D eigenvalue weighted by atomic mass is 79.9. The van der Waals surface area contributed by atoms with Gasteiger partial charge in [0.25, 0.3) is 0 Å². The van der Waals surface area contributed by atoms with E-state index in [9.17, 15) is 4.79 Å². The van der Waals surface area contributed by atoms with Crippen LogP contribution in [0, 0.1) is 0 Å². The van der Waals surface area contributed by atoms with Gasteiger partial charge in [-0.05, 0) is 59.4 Å². The molecule has 0 atom stereocenters. The quantitative estimate of drug-likeness (QED) is 0.569. The van der Waals surface area contributed by atoms with Crippen LogP contribution in [0.5, 0.6) is 11.5 Å². The second kappa shape index (κ2) is 6.26. The number of rotatable bonds is 4. The van der Waals surface area contributed by atoms with Crippen molar-refractivity contribution in [2.75, 3.05) is 6.26 Å². The Morgan fingerprint density at radius 3 is 2.58 bits per heavy atom. The smallest absolute Gasteiger partial charge is 0.160 e. The number of thioether (sulfide) groups is 1. The summed E-state index contributed by atoms with van der Waals surface area (Å²) in [6, 6.07) is 13.2. The van der Waals surface area contributed by atoms with Gasteiger partial charge in [-0.25, -0.2) is 0 Å². The highest BCUT2D eigenvalue weighted by molar-refractivity contribution is 9.10. The lowest BCUT2D eigenvalue weighted by Gasteiger charge is -2.10. The molecule has 0 bridgehead atoms. The predicted molar refractivity (Wildman–Crippen MR) is 82.4 cm³/mol. The monoisotopic (exact) mass is 336 g/mol. The summed E-state index contributed by atoms with van der Waals surface area (Å²) < 4.78 is 6.60. The summed E-state index contributed by atoms with van der Waals surface area (Å²) in [4.78, 5) is 12.4. The zero-order valence-corrected chi connectivity index (χ0v) is 13.0. The Balaban J connectivity index is 2.29. The number of ether oxygens (including phenoxy) is 1. The van der Waals surface area contributed by atoms with Crippen LogP contribution in [-0.4, -0.2) is 12.0 Å². The number of benzene rings is 2. The van der Waals surface area contributed by atoms with Crippen LogP contribution in [0.3, 0.4) is 0 Å². The van der Waals surface area contributed by atoms with E-state index in [-0.39, 0.29) is 5.78 Å². The molecule has 0 unspecified atom stereocenters. The molecule has 0 aliphatic rings. The van der Waals surface area contributed by atoms with E-state index in [1.165, 1.54) is 0 Å².